The van der Waals surface area contributed by atoms with E-state index < -0.39 is 0 Å². The Kier molecular flexibility index (Phi) is 20.7. The van der Waals surface area contributed by atoms with Crippen molar-refractivity contribution >= 4 is 45.3 Å². The molecule has 0 radical (unpaired) electrons. The Bertz CT molecular complexity index is 1560. The highest BCUT2D eigenvalue weighted by Crippen LogP contribution is 2.61. The fraction of sp³-hybridized carbons (Fsp3) is 0.686. The highest BCUT2D eigenvalue weighted by Gasteiger charge is 2.45. The number of thiophene rings is 4. The van der Waals surface area contributed by atoms with Gasteiger partial charge in [0.25, 0.3) is 0 Å². The molecule has 0 atom stereocenters. The third kappa shape index (κ3) is 14.0. The Hall–Kier alpha value is -1.20. The molecule has 0 nitrogen and oxygen atoms in total. The maximum absolute atomic E-state index is 2.67. The quantitative estimate of drug-likeness (QED) is 0.0431. The van der Waals surface area contributed by atoms with E-state index in [0.29, 0.717) is 0 Å². The molecular weight excluding hydrogens is 741 g/mol. The van der Waals surface area contributed by atoms with E-state index in [2.05, 4.69) is 86.8 Å². The summed E-state index contributed by atoms with van der Waals surface area (Å²) in [6.45, 7) is 9.22. The first-order valence-electron chi connectivity index (χ1n) is 23.5. The Labute approximate surface area is 355 Å². The van der Waals surface area contributed by atoms with Gasteiger partial charge in [-0.1, -0.05) is 194 Å². The van der Waals surface area contributed by atoms with Crippen LogP contribution < -0.4 is 0 Å². The molecule has 0 spiro atoms. The van der Waals surface area contributed by atoms with Crippen molar-refractivity contribution in [2.45, 2.75) is 226 Å². The summed E-state index contributed by atoms with van der Waals surface area (Å²) in [5, 5.41) is 0. The number of unbranched alkanes of at least 4 members (excludes halogenated alkanes) is 26. The van der Waals surface area contributed by atoms with Gasteiger partial charge in [-0.05, 0) is 74.2 Å². The molecule has 0 N–H and O–H groups in total. The third-order valence-electron chi connectivity index (χ3n) is 12.6. The lowest BCUT2D eigenvalue weighted by molar-refractivity contribution is 0.397. The molecule has 0 saturated carbocycles. The van der Waals surface area contributed by atoms with E-state index in [1.54, 1.807) is 20.9 Å². The predicted octanol–water partition coefficient (Wildman–Crippen LogP) is 19.9. The fourth-order valence-corrected chi connectivity index (χ4v) is 13.9. The molecule has 4 aromatic heterocycles. The topological polar surface area (TPSA) is 0 Å². The Morgan fingerprint density at radius 3 is 1.15 bits per heavy atom. The first-order chi connectivity index (χ1) is 27.1. The van der Waals surface area contributed by atoms with Gasteiger partial charge in [0.05, 0.1) is 0 Å². The van der Waals surface area contributed by atoms with Gasteiger partial charge in [-0.25, -0.2) is 0 Å². The molecule has 0 amide bonds. The van der Waals surface area contributed by atoms with Gasteiger partial charge in [0.2, 0.25) is 0 Å². The molecule has 1 aliphatic rings. The molecule has 0 saturated heterocycles. The van der Waals surface area contributed by atoms with Crippen LogP contribution in [0.3, 0.4) is 0 Å². The van der Waals surface area contributed by atoms with Crippen LogP contribution in [0.1, 0.15) is 227 Å². The Balaban J connectivity index is 1.14. The third-order valence-corrected chi connectivity index (χ3v) is 17.4. The number of fused-ring (bicyclic) bond motifs is 3. The first kappa shape index (κ1) is 44.9. The summed E-state index contributed by atoms with van der Waals surface area (Å²) in [5.74, 6) is 0. The molecule has 4 aromatic rings. The van der Waals surface area contributed by atoms with Gasteiger partial charge in [-0.15, -0.1) is 45.3 Å². The van der Waals surface area contributed by atoms with Crippen molar-refractivity contribution in [2.75, 3.05) is 0 Å². The van der Waals surface area contributed by atoms with Crippen LogP contribution in [0.25, 0.3) is 29.3 Å². The molecule has 0 unspecified atom stereocenters. The van der Waals surface area contributed by atoms with Gasteiger partial charge in [0.15, 0.2) is 0 Å². The van der Waals surface area contributed by atoms with E-state index in [-0.39, 0.29) is 5.41 Å². The van der Waals surface area contributed by atoms with Crippen molar-refractivity contribution in [2.24, 2.45) is 0 Å². The minimum absolute atomic E-state index is 0.212. The zero-order valence-electron chi connectivity index (χ0n) is 35.8. The van der Waals surface area contributed by atoms with Crippen LogP contribution in [-0.4, -0.2) is 0 Å². The molecule has 55 heavy (non-hydrogen) atoms. The van der Waals surface area contributed by atoms with Crippen molar-refractivity contribution in [3.05, 3.63) is 57.3 Å². The van der Waals surface area contributed by atoms with Crippen molar-refractivity contribution in [3.63, 3.8) is 0 Å². The van der Waals surface area contributed by atoms with E-state index in [4.69, 9.17) is 0 Å². The second-order valence-corrected chi connectivity index (χ2v) is 22.0. The summed E-state index contributed by atoms with van der Waals surface area (Å²) in [4.78, 5) is 11.9. The minimum Gasteiger partial charge on any atom is -0.140 e. The van der Waals surface area contributed by atoms with E-state index in [1.165, 1.54) is 222 Å². The zero-order chi connectivity index (χ0) is 38.6. The normalized spacial score (nSPS) is 13.2. The van der Waals surface area contributed by atoms with E-state index in [0.717, 1.165) is 0 Å². The standard InChI is InChI=1S/C51H78S4/c1-5-7-9-11-13-15-17-19-21-23-25-27-29-31-37-51(38-32-30-28-26-24-22-20-18-16-14-12-10-8-6-2)43-39-42(4)53-49(43)50-44(51)40-48(55-50)47-36-35-46(54-47)45-34-33-41(3)52-45/h33-36,39-40H,5-32,37-38H2,1-4H3. The lowest BCUT2D eigenvalue weighted by Crippen LogP contribution is -2.25. The fourth-order valence-electron chi connectivity index (χ4n) is 9.30. The summed E-state index contributed by atoms with van der Waals surface area (Å²) in [7, 11) is 0. The van der Waals surface area contributed by atoms with Gasteiger partial charge in [0, 0.05) is 44.4 Å². The van der Waals surface area contributed by atoms with Crippen LogP contribution in [0.5, 0.6) is 0 Å². The molecule has 306 valence electrons. The zero-order valence-corrected chi connectivity index (χ0v) is 39.1. The molecule has 1 aliphatic carbocycles. The lowest BCUT2D eigenvalue weighted by Gasteiger charge is -2.31. The highest BCUT2D eigenvalue weighted by molar-refractivity contribution is 7.28. The van der Waals surface area contributed by atoms with Crippen molar-refractivity contribution in [1.29, 1.82) is 0 Å². The molecule has 4 heteroatoms. The minimum atomic E-state index is 0.212. The van der Waals surface area contributed by atoms with Crippen molar-refractivity contribution in [1.82, 2.24) is 0 Å². The summed E-state index contributed by atoms with van der Waals surface area (Å²) in [5.41, 5.74) is 3.61. The number of aryl methyl sites for hydroxylation is 2. The molecular formula is C51H78S4. The van der Waals surface area contributed by atoms with Crippen molar-refractivity contribution in [3.8, 4) is 29.3 Å². The molecule has 5 rings (SSSR count). The maximum atomic E-state index is 2.67. The average Bonchev–Trinajstić information content (AvgIpc) is 4.02. The monoisotopic (exact) mass is 818 g/mol. The smallest absolute Gasteiger partial charge is 0.0493 e. The van der Waals surface area contributed by atoms with Crippen LogP contribution in [-0.2, 0) is 5.41 Å². The van der Waals surface area contributed by atoms with Gasteiger partial charge in [0.1, 0.15) is 0 Å². The van der Waals surface area contributed by atoms with E-state index in [9.17, 15) is 0 Å². The molecule has 4 heterocycles. The molecule has 0 aliphatic heterocycles. The van der Waals surface area contributed by atoms with Crippen LogP contribution >= 0.6 is 45.3 Å². The van der Waals surface area contributed by atoms with Gasteiger partial charge in [-0.3, -0.25) is 0 Å². The summed E-state index contributed by atoms with van der Waals surface area (Å²) in [6.07, 6.45) is 42.8. The molecule has 0 aromatic carbocycles. The lowest BCUT2D eigenvalue weighted by atomic mass is 9.71. The maximum Gasteiger partial charge on any atom is 0.0493 e. The highest BCUT2D eigenvalue weighted by atomic mass is 32.1. The second kappa shape index (κ2) is 25.3. The largest absolute Gasteiger partial charge is 0.140 e. The van der Waals surface area contributed by atoms with Gasteiger partial charge < -0.3 is 0 Å². The van der Waals surface area contributed by atoms with E-state index >= 15 is 0 Å². The molecule has 0 fully saturated rings. The first-order valence-corrected chi connectivity index (χ1v) is 26.7. The van der Waals surface area contributed by atoms with E-state index in [1.807, 2.05) is 22.7 Å². The predicted molar refractivity (Wildman–Crippen MR) is 254 cm³/mol. The number of hydrogen-bond acceptors (Lipinski definition) is 4. The Morgan fingerprint density at radius 1 is 0.345 bits per heavy atom. The average molecular weight is 819 g/mol. The van der Waals surface area contributed by atoms with Crippen molar-refractivity contribution < 1.29 is 0 Å². The number of rotatable bonds is 32. The van der Waals surface area contributed by atoms with Crippen LogP contribution in [0.4, 0.5) is 0 Å². The summed E-state index contributed by atoms with van der Waals surface area (Å²) < 4.78 is 0. The van der Waals surface area contributed by atoms with Gasteiger partial charge in [-0.2, -0.15) is 0 Å². The summed E-state index contributed by atoms with van der Waals surface area (Å²) in [6, 6.07) is 14.6. The van der Waals surface area contributed by atoms with Crippen LogP contribution in [0.2, 0.25) is 0 Å². The summed E-state index contributed by atoms with van der Waals surface area (Å²) >= 11 is 8.10. The molecule has 0 bridgehead atoms. The van der Waals surface area contributed by atoms with Crippen LogP contribution in [0, 0.1) is 13.8 Å². The van der Waals surface area contributed by atoms with Gasteiger partial charge >= 0.3 is 0 Å². The Morgan fingerprint density at radius 2 is 0.709 bits per heavy atom. The van der Waals surface area contributed by atoms with Crippen LogP contribution in [0.15, 0.2) is 36.4 Å². The SMILES string of the molecule is CCCCCCCCCCCCCCCCC1(CCCCCCCCCCCCCCCC)c2cc(C)sc2-c2sc(-c3ccc(-c4ccc(C)s4)s3)cc21. The second-order valence-electron chi connectivity index (χ2n) is 17.3. The number of hydrogen-bond donors (Lipinski definition) is 0.